The largest absolute Gasteiger partial charge is 0.417 e. The quantitative estimate of drug-likeness (QED) is 0.699. The third kappa shape index (κ3) is 3.82. The minimum Gasteiger partial charge on any atom is -0.322 e. The predicted octanol–water partition coefficient (Wildman–Crippen LogP) is 4.88. The standard InChI is InChI=1S/C13H7Br2F3N2O/c14-10-4-3-7(6-9(10)13(16,17)18)20-12(21)8-2-1-5-19-11(8)15/h1-6H,(H,20,21). The second kappa shape index (κ2) is 6.15. The molecule has 1 N–H and O–H groups in total. The predicted molar refractivity (Wildman–Crippen MR) is 79.0 cm³/mol. The lowest BCUT2D eigenvalue weighted by atomic mass is 10.2. The summed E-state index contributed by atoms with van der Waals surface area (Å²) in [5.41, 5.74) is -0.578. The van der Waals surface area contributed by atoms with Crippen LogP contribution in [0.3, 0.4) is 0 Å². The molecular formula is C13H7Br2F3N2O. The number of nitrogens with zero attached hydrogens (tertiary/aromatic N) is 1. The Morgan fingerprint density at radius 3 is 2.52 bits per heavy atom. The van der Waals surface area contributed by atoms with Crippen molar-refractivity contribution in [2.75, 3.05) is 5.32 Å². The first kappa shape index (κ1) is 16.0. The highest BCUT2D eigenvalue weighted by molar-refractivity contribution is 9.10. The lowest BCUT2D eigenvalue weighted by Crippen LogP contribution is -2.14. The van der Waals surface area contributed by atoms with Crippen molar-refractivity contribution in [3.05, 3.63) is 56.7 Å². The third-order valence-corrected chi connectivity index (χ3v) is 3.86. The highest BCUT2D eigenvalue weighted by Crippen LogP contribution is 2.36. The van der Waals surface area contributed by atoms with Gasteiger partial charge in [-0.1, -0.05) is 15.9 Å². The van der Waals surface area contributed by atoms with Crippen molar-refractivity contribution in [3.63, 3.8) is 0 Å². The summed E-state index contributed by atoms with van der Waals surface area (Å²) in [5.74, 6) is -0.551. The Morgan fingerprint density at radius 2 is 1.90 bits per heavy atom. The molecule has 2 aromatic rings. The van der Waals surface area contributed by atoms with Crippen LogP contribution in [0, 0.1) is 0 Å². The Bertz CT molecular complexity index is 689. The highest BCUT2D eigenvalue weighted by Gasteiger charge is 2.33. The van der Waals surface area contributed by atoms with E-state index < -0.39 is 17.6 Å². The summed E-state index contributed by atoms with van der Waals surface area (Å²) in [4.78, 5) is 15.9. The maximum absolute atomic E-state index is 12.8. The summed E-state index contributed by atoms with van der Waals surface area (Å²) in [5, 5.41) is 2.41. The molecule has 3 nitrogen and oxygen atoms in total. The van der Waals surface area contributed by atoms with Crippen LogP contribution in [0.4, 0.5) is 18.9 Å². The fourth-order valence-corrected chi connectivity index (χ4v) is 2.48. The van der Waals surface area contributed by atoms with E-state index in [0.717, 1.165) is 6.07 Å². The Morgan fingerprint density at radius 1 is 1.19 bits per heavy atom. The third-order valence-electron chi connectivity index (χ3n) is 2.53. The van der Waals surface area contributed by atoms with Crippen LogP contribution in [-0.2, 0) is 6.18 Å². The normalized spacial score (nSPS) is 11.3. The summed E-state index contributed by atoms with van der Waals surface area (Å²) >= 11 is 5.95. The van der Waals surface area contributed by atoms with E-state index in [1.54, 1.807) is 6.07 Å². The van der Waals surface area contributed by atoms with Gasteiger partial charge in [-0.15, -0.1) is 0 Å². The second-order valence-electron chi connectivity index (χ2n) is 3.99. The summed E-state index contributed by atoms with van der Waals surface area (Å²) in [6, 6.07) is 6.54. The van der Waals surface area contributed by atoms with E-state index in [4.69, 9.17) is 0 Å². The number of nitrogens with one attached hydrogen (secondary N) is 1. The number of amides is 1. The monoisotopic (exact) mass is 422 g/mol. The van der Waals surface area contributed by atoms with Crippen molar-refractivity contribution in [1.82, 2.24) is 4.98 Å². The summed E-state index contributed by atoms with van der Waals surface area (Å²) in [6.07, 6.45) is -3.02. The van der Waals surface area contributed by atoms with Gasteiger partial charge in [0.15, 0.2) is 0 Å². The van der Waals surface area contributed by atoms with Gasteiger partial charge < -0.3 is 5.32 Å². The van der Waals surface area contributed by atoms with Gasteiger partial charge in [0.05, 0.1) is 11.1 Å². The maximum atomic E-state index is 12.8. The Hall–Kier alpha value is -1.41. The van der Waals surface area contributed by atoms with Crippen molar-refractivity contribution in [2.45, 2.75) is 6.18 Å². The molecule has 0 saturated heterocycles. The lowest BCUT2D eigenvalue weighted by molar-refractivity contribution is -0.138. The molecule has 0 aliphatic heterocycles. The first-order chi connectivity index (χ1) is 9.79. The van der Waals surface area contributed by atoms with E-state index in [1.165, 1.54) is 24.4 Å². The van der Waals surface area contributed by atoms with Gasteiger partial charge >= 0.3 is 6.18 Å². The van der Waals surface area contributed by atoms with Crippen LogP contribution in [-0.4, -0.2) is 10.9 Å². The zero-order valence-electron chi connectivity index (χ0n) is 10.2. The highest BCUT2D eigenvalue weighted by atomic mass is 79.9. The lowest BCUT2D eigenvalue weighted by Gasteiger charge is -2.12. The first-order valence-corrected chi connectivity index (χ1v) is 7.16. The van der Waals surface area contributed by atoms with Gasteiger partial charge in [-0.2, -0.15) is 13.2 Å². The fraction of sp³-hybridized carbons (Fsp3) is 0.0769. The molecule has 110 valence electrons. The molecule has 8 heteroatoms. The summed E-state index contributed by atoms with van der Waals surface area (Å²) in [7, 11) is 0. The molecule has 0 bridgehead atoms. The maximum Gasteiger partial charge on any atom is 0.417 e. The van der Waals surface area contributed by atoms with Gasteiger partial charge in [-0.25, -0.2) is 4.98 Å². The van der Waals surface area contributed by atoms with E-state index in [9.17, 15) is 18.0 Å². The molecule has 0 unspecified atom stereocenters. The Labute approximate surface area is 134 Å². The van der Waals surface area contributed by atoms with Gasteiger partial charge in [0.25, 0.3) is 5.91 Å². The van der Waals surface area contributed by atoms with Gasteiger partial charge in [0, 0.05) is 16.4 Å². The minimum absolute atomic E-state index is 0.0475. The smallest absolute Gasteiger partial charge is 0.322 e. The molecule has 0 fully saturated rings. The number of carbonyl (C=O) groups is 1. The van der Waals surface area contributed by atoms with Crippen LogP contribution in [0.2, 0.25) is 0 Å². The van der Waals surface area contributed by atoms with Gasteiger partial charge in [-0.3, -0.25) is 4.79 Å². The van der Waals surface area contributed by atoms with Crippen molar-refractivity contribution in [1.29, 1.82) is 0 Å². The molecule has 1 aromatic carbocycles. The molecule has 0 saturated carbocycles. The zero-order chi connectivity index (χ0) is 15.6. The van der Waals surface area contributed by atoms with Crippen LogP contribution < -0.4 is 5.32 Å². The Balaban J connectivity index is 2.29. The topological polar surface area (TPSA) is 42.0 Å². The zero-order valence-corrected chi connectivity index (χ0v) is 13.4. The average molecular weight is 424 g/mol. The number of hydrogen-bond donors (Lipinski definition) is 1. The molecular weight excluding hydrogens is 417 g/mol. The molecule has 0 aliphatic carbocycles. The molecule has 0 atom stereocenters. The summed E-state index contributed by atoms with van der Waals surface area (Å²) in [6.45, 7) is 0. The van der Waals surface area contributed by atoms with Gasteiger partial charge in [0.1, 0.15) is 4.60 Å². The van der Waals surface area contributed by atoms with Crippen molar-refractivity contribution < 1.29 is 18.0 Å². The van der Waals surface area contributed by atoms with E-state index >= 15 is 0 Å². The van der Waals surface area contributed by atoms with Crippen LogP contribution in [0.15, 0.2) is 45.6 Å². The molecule has 0 radical (unpaired) electrons. The molecule has 0 aliphatic rings. The SMILES string of the molecule is O=C(Nc1ccc(Br)c(C(F)(F)F)c1)c1cccnc1Br. The first-order valence-electron chi connectivity index (χ1n) is 5.57. The van der Waals surface area contributed by atoms with Crippen LogP contribution >= 0.6 is 31.9 Å². The average Bonchev–Trinajstić information content (AvgIpc) is 2.40. The molecule has 1 heterocycles. The van der Waals surface area contributed by atoms with E-state index in [0.29, 0.717) is 4.60 Å². The number of benzene rings is 1. The van der Waals surface area contributed by atoms with Crippen molar-refractivity contribution in [3.8, 4) is 0 Å². The fourth-order valence-electron chi connectivity index (χ4n) is 1.57. The number of anilines is 1. The number of carbonyl (C=O) groups excluding carboxylic acids is 1. The molecule has 1 amide bonds. The number of aromatic nitrogens is 1. The van der Waals surface area contributed by atoms with Gasteiger partial charge in [-0.05, 0) is 46.3 Å². The van der Waals surface area contributed by atoms with Crippen LogP contribution in [0.1, 0.15) is 15.9 Å². The van der Waals surface area contributed by atoms with Crippen LogP contribution in [0.5, 0.6) is 0 Å². The molecule has 1 aromatic heterocycles. The van der Waals surface area contributed by atoms with E-state index in [1.807, 2.05) is 0 Å². The van der Waals surface area contributed by atoms with E-state index in [2.05, 4.69) is 42.2 Å². The number of halogens is 5. The minimum atomic E-state index is -4.51. The number of alkyl halides is 3. The second-order valence-corrected chi connectivity index (χ2v) is 5.59. The Kier molecular flexibility index (Phi) is 4.67. The summed E-state index contributed by atoms with van der Waals surface area (Å²) < 4.78 is 38.6. The number of hydrogen-bond acceptors (Lipinski definition) is 2. The van der Waals surface area contributed by atoms with Crippen molar-refractivity contribution in [2.24, 2.45) is 0 Å². The number of rotatable bonds is 2. The molecule has 0 spiro atoms. The number of pyridine rings is 1. The van der Waals surface area contributed by atoms with Crippen molar-refractivity contribution >= 4 is 43.5 Å². The van der Waals surface area contributed by atoms with Crippen LogP contribution in [0.25, 0.3) is 0 Å². The van der Waals surface area contributed by atoms with E-state index in [-0.39, 0.29) is 15.7 Å². The van der Waals surface area contributed by atoms with Gasteiger partial charge in [0.2, 0.25) is 0 Å². The molecule has 21 heavy (non-hydrogen) atoms. The molecule has 2 rings (SSSR count).